The predicted octanol–water partition coefficient (Wildman–Crippen LogP) is 0.157. The van der Waals surface area contributed by atoms with Crippen LogP contribution in [0.15, 0.2) is 12.7 Å². The van der Waals surface area contributed by atoms with Crippen molar-refractivity contribution in [3.05, 3.63) is 12.7 Å². The van der Waals surface area contributed by atoms with Crippen molar-refractivity contribution in [1.82, 2.24) is 0 Å². The van der Waals surface area contributed by atoms with E-state index < -0.39 is 15.3 Å². The SMILES string of the molecule is C=CC(=O)OC(C)[SiH](OC)OC. The van der Waals surface area contributed by atoms with Crippen LogP contribution in [0.25, 0.3) is 0 Å². The van der Waals surface area contributed by atoms with Crippen LogP contribution in [-0.4, -0.2) is 35.2 Å². The Bertz CT molecular complexity index is 155. The third kappa shape index (κ3) is 3.66. The van der Waals surface area contributed by atoms with Crippen molar-refractivity contribution in [3.63, 3.8) is 0 Å². The molecule has 12 heavy (non-hydrogen) atoms. The Hall–Kier alpha value is -0.653. The van der Waals surface area contributed by atoms with Gasteiger partial charge in [-0.3, -0.25) is 0 Å². The Kier molecular flexibility index (Phi) is 5.61. The van der Waals surface area contributed by atoms with E-state index in [0.29, 0.717) is 0 Å². The number of carbonyl (C=O) groups excluding carboxylic acids is 1. The van der Waals surface area contributed by atoms with Crippen LogP contribution >= 0.6 is 0 Å². The summed E-state index contributed by atoms with van der Waals surface area (Å²) in [6, 6.07) is 0. The molecule has 0 radical (unpaired) electrons. The molecule has 1 atom stereocenters. The van der Waals surface area contributed by atoms with E-state index in [-0.39, 0.29) is 5.73 Å². The van der Waals surface area contributed by atoms with Gasteiger partial charge in [-0.25, -0.2) is 4.79 Å². The minimum atomic E-state index is -1.85. The van der Waals surface area contributed by atoms with Crippen molar-refractivity contribution in [2.45, 2.75) is 12.7 Å². The first-order valence-electron chi connectivity index (χ1n) is 3.54. The van der Waals surface area contributed by atoms with E-state index in [1.54, 1.807) is 21.1 Å². The van der Waals surface area contributed by atoms with Crippen LogP contribution < -0.4 is 0 Å². The molecule has 4 nitrogen and oxygen atoms in total. The molecular weight excluding hydrogens is 176 g/mol. The van der Waals surface area contributed by atoms with E-state index >= 15 is 0 Å². The fourth-order valence-electron chi connectivity index (χ4n) is 0.766. The zero-order valence-corrected chi connectivity index (χ0v) is 8.73. The van der Waals surface area contributed by atoms with Gasteiger partial charge in [-0.1, -0.05) is 6.58 Å². The van der Waals surface area contributed by atoms with Crippen molar-refractivity contribution in [1.29, 1.82) is 0 Å². The lowest BCUT2D eigenvalue weighted by molar-refractivity contribution is -0.140. The van der Waals surface area contributed by atoms with E-state index in [1.807, 2.05) is 0 Å². The molecule has 0 bridgehead atoms. The Labute approximate surface area is 74.0 Å². The van der Waals surface area contributed by atoms with Crippen LogP contribution in [0.4, 0.5) is 0 Å². The molecule has 1 unspecified atom stereocenters. The highest BCUT2D eigenvalue weighted by atomic mass is 28.3. The molecule has 5 heteroatoms. The summed E-state index contributed by atoms with van der Waals surface area (Å²) in [5.74, 6) is -0.450. The van der Waals surface area contributed by atoms with Crippen molar-refractivity contribution >= 4 is 15.3 Å². The predicted molar refractivity (Wildman–Crippen MR) is 46.9 cm³/mol. The zero-order chi connectivity index (χ0) is 9.56. The average molecular weight is 190 g/mol. The van der Waals surface area contributed by atoms with Crippen molar-refractivity contribution in [3.8, 4) is 0 Å². The number of hydrogen-bond acceptors (Lipinski definition) is 4. The van der Waals surface area contributed by atoms with Crippen LogP contribution in [-0.2, 0) is 18.4 Å². The van der Waals surface area contributed by atoms with E-state index in [0.717, 1.165) is 6.08 Å². The number of carbonyl (C=O) groups is 1. The molecule has 0 saturated carbocycles. The normalized spacial score (nSPS) is 12.7. The first-order chi connectivity index (χ1) is 5.65. The van der Waals surface area contributed by atoms with E-state index in [4.69, 9.17) is 13.6 Å². The smallest absolute Gasteiger partial charge is 0.363 e. The van der Waals surface area contributed by atoms with Gasteiger partial charge in [-0.2, -0.15) is 0 Å². The quantitative estimate of drug-likeness (QED) is 0.352. The molecule has 0 N–H and O–H groups in total. The zero-order valence-electron chi connectivity index (χ0n) is 7.57. The van der Waals surface area contributed by atoms with E-state index in [1.165, 1.54) is 0 Å². The molecule has 0 spiro atoms. The Balaban J connectivity index is 3.91. The van der Waals surface area contributed by atoms with Crippen molar-refractivity contribution in [2.24, 2.45) is 0 Å². The van der Waals surface area contributed by atoms with Gasteiger partial charge in [0, 0.05) is 20.3 Å². The molecule has 0 aliphatic heterocycles. The summed E-state index contributed by atoms with van der Waals surface area (Å²) >= 11 is 0. The third-order valence-corrected chi connectivity index (χ3v) is 3.15. The van der Waals surface area contributed by atoms with Gasteiger partial charge in [0.2, 0.25) is 0 Å². The molecule has 0 saturated heterocycles. The highest BCUT2D eigenvalue weighted by Gasteiger charge is 2.22. The second-order valence-corrected chi connectivity index (χ2v) is 4.80. The van der Waals surface area contributed by atoms with Crippen molar-refractivity contribution < 1.29 is 18.4 Å². The summed E-state index contributed by atoms with van der Waals surface area (Å²) < 4.78 is 14.9. The fourth-order valence-corrected chi connectivity index (χ4v) is 1.97. The first kappa shape index (κ1) is 11.3. The molecule has 0 rings (SSSR count). The van der Waals surface area contributed by atoms with Gasteiger partial charge in [0.25, 0.3) is 0 Å². The summed E-state index contributed by atoms with van der Waals surface area (Å²) in [4.78, 5) is 10.7. The average Bonchev–Trinajstić information content (AvgIpc) is 2.06. The molecule has 0 aromatic rings. The molecular formula is C7H14O4Si. The maximum absolute atomic E-state index is 10.7. The highest BCUT2D eigenvalue weighted by Crippen LogP contribution is 1.99. The minimum absolute atomic E-state index is 0.300. The number of esters is 1. The minimum Gasteiger partial charge on any atom is -0.458 e. The monoisotopic (exact) mass is 190 g/mol. The highest BCUT2D eigenvalue weighted by molar-refractivity contribution is 6.46. The van der Waals surface area contributed by atoms with Crippen LogP contribution in [0, 0.1) is 0 Å². The van der Waals surface area contributed by atoms with Crippen molar-refractivity contribution in [2.75, 3.05) is 14.2 Å². The Morgan fingerprint density at radius 2 is 2.00 bits per heavy atom. The summed E-state index contributed by atoms with van der Waals surface area (Å²) in [5.41, 5.74) is -0.300. The van der Waals surface area contributed by atoms with Gasteiger partial charge in [0.15, 0.2) is 0 Å². The summed E-state index contributed by atoms with van der Waals surface area (Å²) in [5, 5.41) is 0. The Morgan fingerprint density at radius 3 is 2.33 bits per heavy atom. The van der Waals surface area contributed by atoms with Crippen LogP contribution in [0.5, 0.6) is 0 Å². The number of rotatable bonds is 5. The molecule has 0 amide bonds. The Morgan fingerprint density at radius 1 is 1.50 bits per heavy atom. The second kappa shape index (κ2) is 5.93. The van der Waals surface area contributed by atoms with Gasteiger partial charge in [-0.05, 0) is 6.92 Å². The maximum Gasteiger partial charge on any atom is 0.363 e. The van der Waals surface area contributed by atoms with E-state index in [2.05, 4.69) is 6.58 Å². The fraction of sp³-hybridized carbons (Fsp3) is 0.571. The van der Waals surface area contributed by atoms with Crippen LogP contribution in [0.3, 0.4) is 0 Å². The summed E-state index contributed by atoms with van der Waals surface area (Å²) in [6.07, 6.45) is 1.12. The number of hydrogen-bond donors (Lipinski definition) is 0. The standard InChI is InChI=1S/C7H14O4Si/c1-5-7(8)11-6(2)12(9-3)10-4/h5-6,12H,1H2,2-4H3. The lowest BCUT2D eigenvalue weighted by atomic mass is 10.6. The van der Waals surface area contributed by atoms with Gasteiger partial charge in [0.05, 0.1) is 0 Å². The van der Waals surface area contributed by atoms with Gasteiger partial charge >= 0.3 is 15.3 Å². The van der Waals surface area contributed by atoms with Crippen LogP contribution in [0.1, 0.15) is 6.92 Å². The lowest BCUT2D eigenvalue weighted by Gasteiger charge is -2.17. The molecule has 0 aromatic carbocycles. The van der Waals surface area contributed by atoms with E-state index in [9.17, 15) is 4.79 Å². The molecule has 70 valence electrons. The molecule has 0 aromatic heterocycles. The van der Waals surface area contributed by atoms with Gasteiger partial charge in [0.1, 0.15) is 5.73 Å². The lowest BCUT2D eigenvalue weighted by Crippen LogP contribution is -2.36. The van der Waals surface area contributed by atoms with Gasteiger partial charge < -0.3 is 13.6 Å². The summed E-state index contributed by atoms with van der Waals surface area (Å²) in [6.45, 7) is 5.03. The van der Waals surface area contributed by atoms with Gasteiger partial charge in [-0.15, -0.1) is 0 Å². The third-order valence-electron chi connectivity index (χ3n) is 1.32. The van der Waals surface area contributed by atoms with Crippen LogP contribution in [0.2, 0.25) is 0 Å². The molecule has 0 heterocycles. The number of ether oxygens (including phenoxy) is 1. The molecule has 0 aliphatic carbocycles. The largest absolute Gasteiger partial charge is 0.458 e. The molecule has 0 aliphatic rings. The maximum atomic E-state index is 10.7. The second-order valence-electron chi connectivity index (χ2n) is 2.19. The topological polar surface area (TPSA) is 44.8 Å². The molecule has 0 fully saturated rings. The first-order valence-corrected chi connectivity index (χ1v) is 5.15. The summed E-state index contributed by atoms with van der Waals surface area (Å²) in [7, 11) is 1.23.